The van der Waals surface area contributed by atoms with Gasteiger partial charge in [-0.15, -0.1) is 0 Å². The van der Waals surface area contributed by atoms with Crippen molar-refractivity contribution >= 4 is 44.2 Å². The van der Waals surface area contributed by atoms with Gasteiger partial charge in [-0.25, -0.2) is 4.98 Å². The van der Waals surface area contributed by atoms with Gasteiger partial charge >= 0.3 is 0 Å². The van der Waals surface area contributed by atoms with Crippen LogP contribution in [0.2, 0.25) is 0 Å². The molecular weight excluding hydrogens is 456 g/mol. The molecule has 3 heterocycles. The van der Waals surface area contributed by atoms with E-state index in [2.05, 4.69) is 49.1 Å². The Kier molecular flexibility index (Phi) is 7.04. The number of thiazole rings is 1. The largest absolute Gasteiger partial charge is 0.345 e. The number of unbranched alkanes of at least 4 members (excludes halogenated alkanes) is 1. The quantitative estimate of drug-likeness (QED) is 0.473. The fourth-order valence-corrected chi connectivity index (χ4v) is 6.12. The van der Waals surface area contributed by atoms with E-state index in [4.69, 9.17) is 4.98 Å². The molecule has 1 aromatic heterocycles. The molecule has 2 amide bonds. The number of nitrogens with zero attached hydrogens (tertiary/aromatic N) is 4. The molecule has 2 saturated heterocycles. The molecule has 0 radical (unpaired) electrons. The van der Waals surface area contributed by atoms with E-state index in [1.54, 1.807) is 16.2 Å². The number of carbonyl (C=O) groups is 2. The number of hydrogen-bond acceptors (Lipinski definition) is 5. The van der Waals surface area contributed by atoms with Crippen LogP contribution in [0, 0.1) is 5.92 Å². The summed E-state index contributed by atoms with van der Waals surface area (Å²) >= 11 is 1.73. The third-order valence-electron chi connectivity index (χ3n) is 7.25. The highest BCUT2D eigenvalue weighted by molar-refractivity contribution is 7.22. The van der Waals surface area contributed by atoms with Crippen LogP contribution < -0.4 is 9.80 Å². The molecule has 1 unspecified atom stereocenters. The maximum Gasteiger partial charge on any atom is 0.228 e. The van der Waals surface area contributed by atoms with Crippen LogP contribution in [0.1, 0.15) is 44.2 Å². The van der Waals surface area contributed by atoms with Crippen molar-refractivity contribution in [2.75, 3.05) is 42.5 Å². The van der Waals surface area contributed by atoms with Crippen molar-refractivity contribution in [3.63, 3.8) is 0 Å². The van der Waals surface area contributed by atoms with Crippen LogP contribution in [0.4, 0.5) is 10.8 Å². The van der Waals surface area contributed by atoms with E-state index in [-0.39, 0.29) is 17.7 Å². The number of aromatic nitrogens is 1. The van der Waals surface area contributed by atoms with Crippen LogP contribution in [-0.4, -0.2) is 54.4 Å². The first kappa shape index (κ1) is 23.8. The molecule has 1 atom stereocenters. The standard InChI is InChI=1S/C28H34N4O2S/c1-3-5-6-21-7-10-23(11-8-21)32-19-22(18-26(32)33)27(34)30-13-15-31(16-14-30)28-29-24-12-9-20(4-2)17-25(24)35-28/h7-12,17,22H,3-6,13-16,18-19H2,1-2H3. The second kappa shape index (κ2) is 10.4. The van der Waals surface area contributed by atoms with Gasteiger partial charge in [0.25, 0.3) is 0 Å². The van der Waals surface area contributed by atoms with Gasteiger partial charge in [-0.1, -0.05) is 49.8 Å². The summed E-state index contributed by atoms with van der Waals surface area (Å²) in [6, 6.07) is 14.8. The molecule has 2 aliphatic rings. The van der Waals surface area contributed by atoms with Crippen LogP contribution in [0.25, 0.3) is 10.2 Å². The lowest BCUT2D eigenvalue weighted by Gasteiger charge is -2.35. The Balaban J connectivity index is 1.18. The van der Waals surface area contributed by atoms with Crippen LogP contribution in [0.5, 0.6) is 0 Å². The maximum absolute atomic E-state index is 13.3. The molecule has 5 rings (SSSR count). The molecule has 6 nitrogen and oxygen atoms in total. The van der Waals surface area contributed by atoms with Crippen molar-refractivity contribution in [3.8, 4) is 0 Å². The Labute approximate surface area is 211 Å². The third-order valence-corrected chi connectivity index (χ3v) is 8.33. The first-order chi connectivity index (χ1) is 17.1. The minimum Gasteiger partial charge on any atom is -0.345 e. The average molecular weight is 491 g/mol. The number of amides is 2. The molecular formula is C28H34N4O2S. The van der Waals surface area contributed by atoms with Crippen molar-refractivity contribution in [2.45, 2.75) is 46.0 Å². The van der Waals surface area contributed by atoms with E-state index in [0.29, 0.717) is 26.1 Å². The molecule has 0 N–H and O–H groups in total. The van der Waals surface area contributed by atoms with Gasteiger partial charge in [0.1, 0.15) is 0 Å². The molecule has 3 aromatic rings. The number of anilines is 2. The van der Waals surface area contributed by atoms with Gasteiger partial charge in [0.2, 0.25) is 11.8 Å². The van der Waals surface area contributed by atoms with Gasteiger partial charge in [-0.05, 0) is 54.7 Å². The van der Waals surface area contributed by atoms with Crippen LogP contribution in [0.15, 0.2) is 42.5 Å². The minimum atomic E-state index is -0.260. The molecule has 0 aliphatic carbocycles. The van der Waals surface area contributed by atoms with E-state index in [0.717, 1.165) is 42.3 Å². The Morgan fingerprint density at radius 2 is 1.77 bits per heavy atom. The number of benzene rings is 2. The zero-order valence-corrected chi connectivity index (χ0v) is 21.5. The second-order valence-electron chi connectivity index (χ2n) is 9.64. The first-order valence-electron chi connectivity index (χ1n) is 12.9. The smallest absolute Gasteiger partial charge is 0.228 e. The molecule has 2 fully saturated rings. The number of aryl methyl sites for hydroxylation is 2. The Bertz CT molecular complexity index is 1200. The summed E-state index contributed by atoms with van der Waals surface area (Å²) in [6.07, 6.45) is 4.73. The molecule has 7 heteroatoms. The number of carbonyl (C=O) groups excluding carboxylic acids is 2. The molecule has 0 spiro atoms. The lowest BCUT2D eigenvalue weighted by Crippen LogP contribution is -2.50. The highest BCUT2D eigenvalue weighted by Gasteiger charge is 2.38. The summed E-state index contributed by atoms with van der Waals surface area (Å²) in [5.74, 6) is -0.107. The summed E-state index contributed by atoms with van der Waals surface area (Å²) in [5.41, 5.74) is 4.57. The second-order valence-corrected chi connectivity index (χ2v) is 10.6. The van der Waals surface area contributed by atoms with Crippen molar-refractivity contribution in [1.82, 2.24) is 9.88 Å². The predicted octanol–water partition coefficient (Wildman–Crippen LogP) is 4.90. The Hall–Kier alpha value is -2.93. The van der Waals surface area contributed by atoms with Crippen LogP contribution >= 0.6 is 11.3 Å². The molecule has 2 aromatic carbocycles. The van der Waals surface area contributed by atoms with E-state index < -0.39 is 0 Å². The number of rotatable bonds is 7. The molecule has 35 heavy (non-hydrogen) atoms. The molecule has 184 valence electrons. The highest BCUT2D eigenvalue weighted by atomic mass is 32.1. The van der Waals surface area contributed by atoms with Gasteiger partial charge in [-0.3, -0.25) is 9.59 Å². The normalized spacial score (nSPS) is 18.6. The Morgan fingerprint density at radius 3 is 2.49 bits per heavy atom. The molecule has 0 bridgehead atoms. The topological polar surface area (TPSA) is 56.8 Å². The maximum atomic E-state index is 13.3. The average Bonchev–Trinajstić information content (AvgIpc) is 3.50. The molecule has 0 saturated carbocycles. The van der Waals surface area contributed by atoms with Crippen molar-refractivity contribution in [3.05, 3.63) is 53.6 Å². The van der Waals surface area contributed by atoms with Gasteiger partial charge in [0, 0.05) is 44.8 Å². The lowest BCUT2D eigenvalue weighted by atomic mass is 10.1. The first-order valence-corrected chi connectivity index (χ1v) is 13.7. The predicted molar refractivity (Wildman–Crippen MR) is 143 cm³/mol. The van der Waals surface area contributed by atoms with E-state index >= 15 is 0 Å². The van der Waals surface area contributed by atoms with Gasteiger partial charge < -0.3 is 14.7 Å². The number of piperazine rings is 1. The van der Waals surface area contributed by atoms with Crippen LogP contribution in [-0.2, 0) is 22.4 Å². The minimum absolute atomic E-state index is 0.0456. The van der Waals surface area contributed by atoms with Gasteiger partial charge in [-0.2, -0.15) is 0 Å². The summed E-state index contributed by atoms with van der Waals surface area (Å²) in [6.45, 7) is 7.73. The summed E-state index contributed by atoms with van der Waals surface area (Å²) in [7, 11) is 0. The van der Waals surface area contributed by atoms with E-state index in [1.807, 2.05) is 17.0 Å². The zero-order valence-electron chi connectivity index (χ0n) is 20.7. The van der Waals surface area contributed by atoms with Gasteiger partial charge in [0.05, 0.1) is 16.1 Å². The summed E-state index contributed by atoms with van der Waals surface area (Å²) < 4.78 is 1.22. The summed E-state index contributed by atoms with van der Waals surface area (Å²) in [5, 5.41) is 1.03. The summed E-state index contributed by atoms with van der Waals surface area (Å²) in [4.78, 5) is 36.8. The highest BCUT2D eigenvalue weighted by Crippen LogP contribution is 2.31. The monoisotopic (exact) mass is 490 g/mol. The molecule has 2 aliphatic heterocycles. The number of hydrogen-bond donors (Lipinski definition) is 0. The van der Waals surface area contributed by atoms with E-state index in [1.165, 1.54) is 28.7 Å². The zero-order chi connectivity index (χ0) is 24.4. The van der Waals surface area contributed by atoms with Crippen LogP contribution in [0.3, 0.4) is 0 Å². The van der Waals surface area contributed by atoms with E-state index in [9.17, 15) is 9.59 Å². The fourth-order valence-electron chi connectivity index (χ4n) is 5.03. The van der Waals surface area contributed by atoms with Crippen molar-refractivity contribution in [2.24, 2.45) is 5.92 Å². The Morgan fingerprint density at radius 1 is 1.03 bits per heavy atom. The lowest BCUT2D eigenvalue weighted by molar-refractivity contribution is -0.136. The van der Waals surface area contributed by atoms with Gasteiger partial charge in [0.15, 0.2) is 5.13 Å². The third kappa shape index (κ3) is 5.06. The van der Waals surface area contributed by atoms with Crippen molar-refractivity contribution in [1.29, 1.82) is 0 Å². The fraction of sp³-hybridized carbons (Fsp3) is 0.464. The number of fused-ring (bicyclic) bond motifs is 1. The SMILES string of the molecule is CCCCc1ccc(N2CC(C(=O)N3CCN(c4nc5ccc(CC)cc5s4)CC3)CC2=O)cc1. The van der Waals surface area contributed by atoms with Crippen molar-refractivity contribution < 1.29 is 9.59 Å².